The van der Waals surface area contributed by atoms with Gasteiger partial charge in [0, 0.05) is 0 Å². The van der Waals surface area contributed by atoms with E-state index in [2.05, 4.69) is 31.3 Å². The minimum Gasteiger partial charge on any atom is -0.462 e. The van der Waals surface area contributed by atoms with Gasteiger partial charge in [-0.25, -0.2) is 19.2 Å². The largest absolute Gasteiger partial charge is 0.462 e. The van der Waals surface area contributed by atoms with E-state index in [9.17, 15) is 28.8 Å². The van der Waals surface area contributed by atoms with Crippen molar-refractivity contribution in [1.82, 2.24) is 21.3 Å². The van der Waals surface area contributed by atoms with Crippen molar-refractivity contribution in [2.45, 2.75) is 138 Å². The van der Waals surface area contributed by atoms with Crippen LogP contribution in [0.25, 0.3) is 0 Å². The van der Waals surface area contributed by atoms with Gasteiger partial charge >= 0.3 is 36.3 Å². The molecule has 0 saturated carbocycles. The molecule has 0 saturated heterocycles. The molecule has 0 aromatic rings. The SMILES string of the molecule is CCC(COC(=O)CCN=C(NC(=O)OC(C)(C)C)NC(=O)OC(C)(C)C)OC(=O)CCN=C(NC(=O)OC(C)(C)C)NC(=O)OC(C)(C)C. The smallest absolute Gasteiger partial charge is 0.414 e. The second-order valence-corrected chi connectivity index (χ2v) is 14.7. The van der Waals surface area contributed by atoms with Crippen LogP contribution in [-0.4, -0.2) is 96.4 Å². The third-order valence-corrected chi connectivity index (χ3v) is 4.83. The molecule has 18 nitrogen and oxygen atoms in total. The number of carbonyl (C=O) groups is 6. The van der Waals surface area contributed by atoms with Crippen molar-refractivity contribution >= 4 is 48.2 Å². The van der Waals surface area contributed by atoms with Crippen molar-refractivity contribution in [3.8, 4) is 0 Å². The number of hydrogen-bond acceptors (Lipinski definition) is 14. The average molecular weight is 717 g/mol. The van der Waals surface area contributed by atoms with E-state index < -0.39 is 64.8 Å². The number of esters is 2. The maximum absolute atomic E-state index is 12.5. The Bertz CT molecular complexity index is 1170. The molecule has 0 heterocycles. The lowest BCUT2D eigenvalue weighted by Gasteiger charge is -2.22. The minimum atomic E-state index is -0.886. The minimum absolute atomic E-state index is 0.189. The van der Waals surface area contributed by atoms with Crippen LogP contribution in [0.5, 0.6) is 0 Å². The van der Waals surface area contributed by atoms with Crippen molar-refractivity contribution in [2.24, 2.45) is 9.98 Å². The Balaban J connectivity index is 5.19. The normalized spacial score (nSPS) is 12.2. The fourth-order valence-corrected chi connectivity index (χ4v) is 3.08. The second-order valence-electron chi connectivity index (χ2n) is 14.7. The summed E-state index contributed by atoms with van der Waals surface area (Å²) < 4.78 is 31.3. The number of nitrogens with zero attached hydrogens (tertiary/aromatic N) is 2. The Morgan fingerprint density at radius 3 is 1.10 bits per heavy atom. The third kappa shape index (κ3) is 26.3. The van der Waals surface area contributed by atoms with Gasteiger partial charge < -0.3 is 28.4 Å². The summed E-state index contributed by atoms with van der Waals surface area (Å²) in [6.45, 7) is 21.0. The first-order valence-electron chi connectivity index (χ1n) is 16.1. The average Bonchev–Trinajstić information content (AvgIpc) is 2.86. The van der Waals surface area contributed by atoms with Gasteiger partial charge in [0.2, 0.25) is 11.9 Å². The first-order chi connectivity index (χ1) is 22.7. The van der Waals surface area contributed by atoms with E-state index in [1.165, 1.54) is 0 Å². The lowest BCUT2D eigenvalue weighted by atomic mass is 10.2. The van der Waals surface area contributed by atoms with Gasteiger partial charge in [-0.3, -0.25) is 40.8 Å². The molecular formula is C32H56N6O12. The molecule has 0 radical (unpaired) electrons. The Hall–Kier alpha value is -4.64. The summed E-state index contributed by atoms with van der Waals surface area (Å²) in [6.07, 6.45) is -4.50. The summed E-state index contributed by atoms with van der Waals surface area (Å²) in [5, 5.41) is 9.24. The highest BCUT2D eigenvalue weighted by Crippen LogP contribution is 2.10. The number of nitrogens with one attached hydrogen (secondary N) is 4. The Labute approximate surface area is 294 Å². The van der Waals surface area contributed by atoms with Crippen LogP contribution in [0.15, 0.2) is 9.98 Å². The highest BCUT2D eigenvalue weighted by Gasteiger charge is 2.23. The molecule has 0 aliphatic heterocycles. The zero-order chi connectivity index (χ0) is 38.9. The van der Waals surface area contributed by atoms with Gasteiger partial charge in [-0.2, -0.15) is 0 Å². The van der Waals surface area contributed by atoms with E-state index >= 15 is 0 Å². The van der Waals surface area contributed by atoms with Crippen molar-refractivity contribution in [1.29, 1.82) is 0 Å². The maximum Gasteiger partial charge on any atom is 0.414 e. The summed E-state index contributed by atoms with van der Waals surface area (Å²) in [4.78, 5) is 81.9. The molecule has 0 fully saturated rings. The molecule has 0 aromatic heterocycles. The summed E-state index contributed by atoms with van der Waals surface area (Å²) in [6, 6.07) is 0. The van der Waals surface area contributed by atoms with Gasteiger partial charge in [-0.1, -0.05) is 6.92 Å². The quantitative estimate of drug-likeness (QED) is 0.106. The summed E-state index contributed by atoms with van der Waals surface area (Å²) in [5.41, 5.74) is -3.29. The van der Waals surface area contributed by atoms with Crippen LogP contribution in [0, 0.1) is 0 Å². The van der Waals surface area contributed by atoms with E-state index in [0.29, 0.717) is 6.42 Å². The van der Waals surface area contributed by atoms with Gasteiger partial charge in [0.1, 0.15) is 35.1 Å². The summed E-state index contributed by atoms with van der Waals surface area (Å²) in [7, 11) is 0. The molecule has 18 heteroatoms. The lowest BCUT2D eigenvalue weighted by Crippen LogP contribution is -2.47. The predicted molar refractivity (Wildman–Crippen MR) is 182 cm³/mol. The predicted octanol–water partition coefficient (Wildman–Crippen LogP) is 4.44. The molecule has 0 rings (SSSR count). The van der Waals surface area contributed by atoms with Crippen LogP contribution < -0.4 is 21.3 Å². The van der Waals surface area contributed by atoms with Crippen LogP contribution in [0.2, 0.25) is 0 Å². The van der Waals surface area contributed by atoms with E-state index in [1.54, 1.807) is 90.0 Å². The Morgan fingerprint density at radius 1 is 0.520 bits per heavy atom. The maximum atomic E-state index is 12.5. The molecule has 286 valence electrons. The zero-order valence-electron chi connectivity index (χ0n) is 31.6. The Morgan fingerprint density at radius 2 is 0.820 bits per heavy atom. The van der Waals surface area contributed by atoms with Crippen LogP contribution in [-0.2, 0) is 38.0 Å². The highest BCUT2D eigenvalue weighted by molar-refractivity contribution is 6.02. The molecule has 4 N–H and O–H groups in total. The molecule has 1 unspecified atom stereocenters. The molecule has 4 amide bonds. The van der Waals surface area contributed by atoms with Crippen molar-refractivity contribution < 1.29 is 57.2 Å². The number of carbonyl (C=O) groups excluding carboxylic acids is 6. The van der Waals surface area contributed by atoms with Crippen LogP contribution in [0.3, 0.4) is 0 Å². The first kappa shape index (κ1) is 45.4. The summed E-state index contributed by atoms with van der Waals surface area (Å²) in [5.74, 6) is -1.96. The van der Waals surface area contributed by atoms with Crippen molar-refractivity contribution in [3.63, 3.8) is 0 Å². The molecule has 0 aromatic carbocycles. The number of alkyl carbamates (subject to hydrolysis) is 4. The molecule has 0 aliphatic carbocycles. The van der Waals surface area contributed by atoms with Gasteiger partial charge in [0.15, 0.2) is 0 Å². The standard InChI is InChI=1S/C32H56N6O12/c1-14-20(46-22(40)16-18-34-24(37-27(43)49-31(8,9)10)38-28(44)50-32(11,12)13)19-45-21(39)15-17-33-23(35-25(41)47-29(2,3)4)36-26(42)48-30(5,6)7/h20H,14-19H2,1-13H3,(H2,33,35,36,41,42)(H2,34,37,38,43,44). The number of guanidine groups is 2. The molecular weight excluding hydrogens is 660 g/mol. The second kappa shape index (κ2) is 20.1. The molecule has 0 bridgehead atoms. The highest BCUT2D eigenvalue weighted by atomic mass is 16.6. The van der Waals surface area contributed by atoms with Gasteiger partial charge in [0.25, 0.3) is 0 Å². The zero-order valence-corrected chi connectivity index (χ0v) is 31.6. The van der Waals surface area contributed by atoms with Gasteiger partial charge in [-0.05, 0) is 89.5 Å². The van der Waals surface area contributed by atoms with Gasteiger partial charge in [0.05, 0.1) is 25.9 Å². The Kier molecular flexibility index (Phi) is 18.3. The van der Waals surface area contributed by atoms with Crippen LogP contribution >= 0.6 is 0 Å². The third-order valence-electron chi connectivity index (χ3n) is 4.83. The molecule has 1 atom stereocenters. The van der Waals surface area contributed by atoms with E-state index in [-0.39, 0.29) is 44.5 Å². The number of amides is 4. The summed E-state index contributed by atoms with van der Waals surface area (Å²) >= 11 is 0. The van der Waals surface area contributed by atoms with Crippen molar-refractivity contribution in [2.75, 3.05) is 19.7 Å². The fraction of sp³-hybridized carbons (Fsp3) is 0.750. The van der Waals surface area contributed by atoms with Gasteiger partial charge in [-0.15, -0.1) is 0 Å². The number of ether oxygens (including phenoxy) is 6. The molecule has 0 aliphatic rings. The first-order valence-corrected chi connectivity index (χ1v) is 16.1. The van der Waals surface area contributed by atoms with Crippen LogP contribution in [0.4, 0.5) is 19.2 Å². The molecule has 0 spiro atoms. The number of rotatable bonds is 10. The number of aliphatic imine (C=N–C) groups is 2. The van der Waals surface area contributed by atoms with Crippen LogP contribution in [0.1, 0.15) is 109 Å². The fourth-order valence-electron chi connectivity index (χ4n) is 3.08. The van der Waals surface area contributed by atoms with Crippen molar-refractivity contribution in [3.05, 3.63) is 0 Å². The topological polar surface area (TPSA) is 231 Å². The number of hydrogen-bond donors (Lipinski definition) is 4. The lowest BCUT2D eigenvalue weighted by molar-refractivity contribution is -0.159. The van der Waals surface area contributed by atoms with E-state index in [4.69, 9.17) is 28.4 Å². The monoisotopic (exact) mass is 716 g/mol. The molecule has 50 heavy (non-hydrogen) atoms. The van der Waals surface area contributed by atoms with E-state index in [0.717, 1.165) is 0 Å². The van der Waals surface area contributed by atoms with E-state index in [1.807, 2.05) is 0 Å².